The van der Waals surface area contributed by atoms with Crippen LogP contribution in [0, 0.1) is 0 Å². The molecule has 1 saturated heterocycles. The van der Waals surface area contributed by atoms with E-state index >= 15 is 0 Å². The van der Waals surface area contributed by atoms with Crippen LogP contribution in [0.25, 0.3) is 0 Å². The summed E-state index contributed by atoms with van der Waals surface area (Å²) in [4.78, 5) is 13.9. The number of aryl methyl sites for hydroxylation is 1. The van der Waals surface area contributed by atoms with Gasteiger partial charge in [-0.1, -0.05) is 0 Å². The molecule has 1 atom stereocenters. The highest BCUT2D eigenvalue weighted by Crippen LogP contribution is 2.06. The van der Waals surface area contributed by atoms with Crippen LogP contribution < -0.4 is 5.32 Å². The molecular formula is C10H16N4O. The monoisotopic (exact) mass is 208 g/mol. The lowest BCUT2D eigenvalue weighted by atomic mass is 10.2. The van der Waals surface area contributed by atoms with E-state index in [0.717, 1.165) is 19.6 Å². The first-order valence-electron chi connectivity index (χ1n) is 5.19. The summed E-state index contributed by atoms with van der Waals surface area (Å²) in [5.41, 5.74) is 0.657. The molecule has 0 radical (unpaired) electrons. The average molecular weight is 208 g/mol. The molecule has 1 aromatic rings. The van der Waals surface area contributed by atoms with Crippen molar-refractivity contribution in [3.8, 4) is 0 Å². The van der Waals surface area contributed by atoms with E-state index < -0.39 is 0 Å². The standard InChI is InChI=1S/C10H16N4O/c1-8-7-14(6-5-11-8)10(15)9-3-4-12-13(9)2/h3-4,8,11H,5-7H2,1-2H3/t8-/m1/s1. The van der Waals surface area contributed by atoms with E-state index in [1.165, 1.54) is 0 Å². The van der Waals surface area contributed by atoms with E-state index in [0.29, 0.717) is 11.7 Å². The third-order valence-corrected chi connectivity index (χ3v) is 2.70. The number of nitrogens with one attached hydrogen (secondary N) is 1. The summed E-state index contributed by atoms with van der Waals surface area (Å²) in [6, 6.07) is 2.13. The lowest BCUT2D eigenvalue weighted by molar-refractivity contribution is 0.0698. The van der Waals surface area contributed by atoms with Gasteiger partial charge < -0.3 is 10.2 Å². The van der Waals surface area contributed by atoms with Crippen LogP contribution >= 0.6 is 0 Å². The molecule has 0 aromatic carbocycles. The summed E-state index contributed by atoms with van der Waals surface area (Å²) >= 11 is 0. The first-order valence-corrected chi connectivity index (χ1v) is 5.19. The minimum Gasteiger partial charge on any atom is -0.335 e. The zero-order chi connectivity index (χ0) is 10.8. The molecule has 1 amide bonds. The largest absolute Gasteiger partial charge is 0.335 e. The predicted molar refractivity (Wildman–Crippen MR) is 56.6 cm³/mol. The maximum Gasteiger partial charge on any atom is 0.272 e. The molecule has 5 heteroatoms. The van der Waals surface area contributed by atoms with Gasteiger partial charge in [0.1, 0.15) is 5.69 Å². The molecule has 1 aliphatic rings. The second-order valence-corrected chi connectivity index (χ2v) is 3.95. The summed E-state index contributed by atoms with van der Waals surface area (Å²) in [5.74, 6) is 0.0725. The van der Waals surface area contributed by atoms with Gasteiger partial charge in [0.15, 0.2) is 0 Å². The number of rotatable bonds is 1. The highest BCUT2D eigenvalue weighted by atomic mass is 16.2. The Bertz CT molecular complexity index is 360. The zero-order valence-corrected chi connectivity index (χ0v) is 9.10. The van der Waals surface area contributed by atoms with Crippen LogP contribution in [-0.2, 0) is 7.05 Å². The van der Waals surface area contributed by atoms with Gasteiger partial charge in [0.05, 0.1) is 0 Å². The summed E-state index contributed by atoms with van der Waals surface area (Å²) in [6.45, 7) is 4.49. The number of nitrogens with zero attached hydrogens (tertiary/aromatic N) is 3. The van der Waals surface area contributed by atoms with Gasteiger partial charge in [-0.2, -0.15) is 5.10 Å². The van der Waals surface area contributed by atoms with Crippen molar-refractivity contribution < 1.29 is 4.79 Å². The number of carbonyl (C=O) groups is 1. The second-order valence-electron chi connectivity index (χ2n) is 3.95. The predicted octanol–water partition coefficient (Wildman–Crippen LogP) is -0.146. The molecule has 0 unspecified atom stereocenters. The minimum atomic E-state index is 0.0725. The summed E-state index contributed by atoms with van der Waals surface area (Å²) < 4.78 is 1.62. The number of hydrogen-bond donors (Lipinski definition) is 1. The molecule has 2 heterocycles. The highest BCUT2D eigenvalue weighted by molar-refractivity contribution is 5.92. The van der Waals surface area contributed by atoms with Crippen molar-refractivity contribution in [1.82, 2.24) is 20.0 Å². The van der Waals surface area contributed by atoms with E-state index in [-0.39, 0.29) is 5.91 Å². The normalized spacial score (nSPS) is 21.7. The van der Waals surface area contributed by atoms with Crippen molar-refractivity contribution in [1.29, 1.82) is 0 Å². The molecular weight excluding hydrogens is 192 g/mol. The molecule has 1 N–H and O–H groups in total. The van der Waals surface area contributed by atoms with Gasteiger partial charge in [-0.15, -0.1) is 0 Å². The second kappa shape index (κ2) is 4.02. The van der Waals surface area contributed by atoms with Crippen molar-refractivity contribution in [2.24, 2.45) is 7.05 Å². The third-order valence-electron chi connectivity index (χ3n) is 2.70. The van der Waals surface area contributed by atoms with Crippen LogP contribution in [0.2, 0.25) is 0 Å². The third kappa shape index (κ3) is 2.02. The van der Waals surface area contributed by atoms with Crippen LogP contribution in [0.3, 0.4) is 0 Å². The first kappa shape index (κ1) is 10.2. The quantitative estimate of drug-likeness (QED) is 0.698. The molecule has 5 nitrogen and oxygen atoms in total. The van der Waals surface area contributed by atoms with Crippen LogP contribution in [0.15, 0.2) is 12.3 Å². The van der Waals surface area contributed by atoms with Crippen LogP contribution in [0.5, 0.6) is 0 Å². The maximum atomic E-state index is 12.1. The average Bonchev–Trinajstić information content (AvgIpc) is 2.63. The Labute approximate surface area is 89.1 Å². The smallest absolute Gasteiger partial charge is 0.272 e. The van der Waals surface area contributed by atoms with Gasteiger partial charge in [-0.25, -0.2) is 0 Å². The van der Waals surface area contributed by atoms with Gasteiger partial charge in [-0.05, 0) is 13.0 Å². The van der Waals surface area contributed by atoms with Crippen molar-refractivity contribution in [2.75, 3.05) is 19.6 Å². The van der Waals surface area contributed by atoms with Crippen LogP contribution in [-0.4, -0.2) is 46.3 Å². The highest BCUT2D eigenvalue weighted by Gasteiger charge is 2.23. The van der Waals surface area contributed by atoms with Gasteiger partial charge in [0, 0.05) is 38.9 Å². The molecule has 0 saturated carbocycles. The lowest BCUT2D eigenvalue weighted by Gasteiger charge is -2.31. The topological polar surface area (TPSA) is 50.2 Å². The Morgan fingerprint density at radius 3 is 3.07 bits per heavy atom. The maximum absolute atomic E-state index is 12.1. The molecule has 0 aliphatic carbocycles. The molecule has 1 aromatic heterocycles. The summed E-state index contributed by atoms with van der Waals surface area (Å²) in [7, 11) is 1.79. The number of amides is 1. The molecule has 15 heavy (non-hydrogen) atoms. The SMILES string of the molecule is C[C@@H]1CN(C(=O)c2ccnn2C)CCN1. The Kier molecular flexibility index (Phi) is 2.73. The van der Waals surface area contributed by atoms with E-state index in [4.69, 9.17) is 0 Å². The minimum absolute atomic E-state index is 0.0725. The van der Waals surface area contributed by atoms with Crippen molar-refractivity contribution in [2.45, 2.75) is 13.0 Å². The first-order chi connectivity index (χ1) is 7.18. The van der Waals surface area contributed by atoms with E-state index in [9.17, 15) is 4.79 Å². The molecule has 1 aliphatic heterocycles. The fourth-order valence-corrected chi connectivity index (χ4v) is 1.86. The number of carbonyl (C=O) groups excluding carboxylic acids is 1. The van der Waals surface area contributed by atoms with E-state index in [1.807, 2.05) is 4.90 Å². The van der Waals surface area contributed by atoms with Crippen LogP contribution in [0.1, 0.15) is 17.4 Å². The van der Waals surface area contributed by atoms with Crippen molar-refractivity contribution >= 4 is 5.91 Å². The number of hydrogen-bond acceptors (Lipinski definition) is 3. The van der Waals surface area contributed by atoms with Crippen molar-refractivity contribution in [3.63, 3.8) is 0 Å². The molecule has 2 rings (SSSR count). The summed E-state index contributed by atoms with van der Waals surface area (Å²) in [5, 5.41) is 7.32. The van der Waals surface area contributed by atoms with E-state index in [1.54, 1.807) is 24.0 Å². The Balaban J connectivity index is 2.11. The van der Waals surface area contributed by atoms with Crippen molar-refractivity contribution in [3.05, 3.63) is 18.0 Å². The Hall–Kier alpha value is -1.36. The fraction of sp³-hybridized carbons (Fsp3) is 0.600. The lowest BCUT2D eigenvalue weighted by Crippen LogP contribution is -2.51. The zero-order valence-electron chi connectivity index (χ0n) is 9.10. The van der Waals surface area contributed by atoms with Gasteiger partial charge in [0.25, 0.3) is 5.91 Å². The molecule has 1 fully saturated rings. The Morgan fingerprint density at radius 2 is 2.47 bits per heavy atom. The molecule has 0 bridgehead atoms. The van der Waals surface area contributed by atoms with Gasteiger partial charge >= 0.3 is 0 Å². The van der Waals surface area contributed by atoms with Gasteiger partial charge in [-0.3, -0.25) is 9.48 Å². The molecule has 82 valence electrons. The summed E-state index contributed by atoms with van der Waals surface area (Å²) in [6.07, 6.45) is 1.65. The number of piperazine rings is 1. The fourth-order valence-electron chi connectivity index (χ4n) is 1.86. The number of aromatic nitrogens is 2. The van der Waals surface area contributed by atoms with Crippen LogP contribution in [0.4, 0.5) is 0 Å². The van der Waals surface area contributed by atoms with E-state index in [2.05, 4.69) is 17.3 Å². The molecule has 0 spiro atoms. The Morgan fingerprint density at radius 1 is 1.67 bits per heavy atom. The van der Waals surface area contributed by atoms with Gasteiger partial charge in [0.2, 0.25) is 0 Å².